The van der Waals surface area contributed by atoms with E-state index in [0.717, 1.165) is 24.9 Å². The molecule has 78 valence electrons. The summed E-state index contributed by atoms with van der Waals surface area (Å²) in [6.45, 7) is 4.83. The average Bonchev–Trinajstić information content (AvgIpc) is 2.17. The highest BCUT2D eigenvalue weighted by Gasteiger charge is 2.01. The van der Waals surface area contributed by atoms with E-state index in [-0.39, 0.29) is 6.04 Å². The Morgan fingerprint density at radius 3 is 2.64 bits per heavy atom. The summed E-state index contributed by atoms with van der Waals surface area (Å²) in [6, 6.07) is 0.185. The largest absolute Gasteiger partial charge is 0.353 e. The summed E-state index contributed by atoms with van der Waals surface area (Å²) in [6.07, 6.45) is 5.72. The third-order valence-electron chi connectivity index (χ3n) is 1.96. The van der Waals surface area contributed by atoms with Crippen LogP contribution in [-0.2, 0) is 0 Å². The van der Waals surface area contributed by atoms with Crippen molar-refractivity contribution >= 4 is 5.95 Å². The van der Waals surface area contributed by atoms with Crippen LogP contribution >= 0.6 is 0 Å². The molecule has 0 saturated heterocycles. The van der Waals surface area contributed by atoms with E-state index in [9.17, 15) is 0 Å². The molecule has 0 aliphatic heterocycles. The monoisotopic (exact) mass is 194 g/mol. The molecule has 1 atom stereocenters. The van der Waals surface area contributed by atoms with Gasteiger partial charge in [0.15, 0.2) is 0 Å². The van der Waals surface area contributed by atoms with Crippen LogP contribution in [0.3, 0.4) is 0 Å². The fourth-order valence-corrected chi connectivity index (χ4v) is 1.18. The molecule has 1 heterocycles. The number of aryl methyl sites for hydroxylation is 1. The van der Waals surface area contributed by atoms with E-state index in [4.69, 9.17) is 5.73 Å². The third kappa shape index (κ3) is 3.70. The first-order valence-electron chi connectivity index (χ1n) is 5.00. The maximum Gasteiger partial charge on any atom is 0.222 e. The van der Waals surface area contributed by atoms with Gasteiger partial charge >= 0.3 is 0 Å². The van der Waals surface area contributed by atoms with Crippen molar-refractivity contribution < 1.29 is 0 Å². The molecule has 3 N–H and O–H groups in total. The van der Waals surface area contributed by atoms with Gasteiger partial charge in [0.25, 0.3) is 0 Å². The van der Waals surface area contributed by atoms with E-state index in [1.165, 1.54) is 0 Å². The van der Waals surface area contributed by atoms with Crippen molar-refractivity contribution in [2.24, 2.45) is 5.73 Å². The maximum atomic E-state index is 5.84. The zero-order valence-corrected chi connectivity index (χ0v) is 8.83. The molecule has 0 amide bonds. The number of rotatable bonds is 5. The molecule has 0 saturated carbocycles. The Kier molecular flexibility index (Phi) is 4.32. The van der Waals surface area contributed by atoms with Gasteiger partial charge in [-0.25, -0.2) is 9.97 Å². The minimum atomic E-state index is 0.185. The SMILES string of the molecule is CCCC(N)CNc1ncc(C)cn1. The highest BCUT2D eigenvalue weighted by atomic mass is 15.1. The van der Waals surface area contributed by atoms with Crippen molar-refractivity contribution in [1.82, 2.24) is 9.97 Å². The van der Waals surface area contributed by atoms with Crippen molar-refractivity contribution in [2.45, 2.75) is 32.7 Å². The molecule has 0 aliphatic rings. The molecule has 0 radical (unpaired) electrons. The molecule has 0 aromatic carbocycles. The van der Waals surface area contributed by atoms with E-state index >= 15 is 0 Å². The lowest BCUT2D eigenvalue weighted by atomic mass is 10.2. The van der Waals surface area contributed by atoms with Gasteiger partial charge in [-0.05, 0) is 18.9 Å². The molecular formula is C10H18N4. The molecule has 1 aromatic heterocycles. The Bertz CT molecular complexity index is 257. The molecule has 1 unspecified atom stereocenters. The quantitative estimate of drug-likeness (QED) is 0.742. The smallest absolute Gasteiger partial charge is 0.222 e. The molecule has 0 spiro atoms. The lowest BCUT2D eigenvalue weighted by Crippen LogP contribution is -2.29. The van der Waals surface area contributed by atoms with Crippen molar-refractivity contribution in [3.8, 4) is 0 Å². The van der Waals surface area contributed by atoms with Gasteiger partial charge in [-0.2, -0.15) is 0 Å². The predicted octanol–water partition coefficient (Wildman–Crippen LogP) is 1.32. The standard InChI is InChI=1S/C10H18N4/c1-3-4-9(11)7-14-10-12-5-8(2)6-13-10/h5-6,9H,3-4,7,11H2,1-2H3,(H,12,13,14). The first kappa shape index (κ1) is 10.9. The van der Waals surface area contributed by atoms with Gasteiger partial charge in [0.05, 0.1) is 0 Å². The zero-order valence-electron chi connectivity index (χ0n) is 8.83. The Balaban J connectivity index is 2.34. The van der Waals surface area contributed by atoms with Gasteiger partial charge in [-0.3, -0.25) is 0 Å². The second kappa shape index (κ2) is 5.54. The summed E-state index contributed by atoms with van der Waals surface area (Å²) in [4.78, 5) is 8.27. The lowest BCUT2D eigenvalue weighted by molar-refractivity contribution is 0.625. The second-order valence-corrected chi connectivity index (χ2v) is 3.51. The van der Waals surface area contributed by atoms with Crippen LogP contribution in [0.1, 0.15) is 25.3 Å². The first-order chi connectivity index (χ1) is 6.72. The number of anilines is 1. The normalized spacial score (nSPS) is 12.5. The average molecular weight is 194 g/mol. The number of aromatic nitrogens is 2. The number of hydrogen-bond acceptors (Lipinski definition) is 4. The van der Waals surface area contributed by atoms with Crippen molar-refractivity contribution in [3.05, 3.63) is 18.0 Å². The Morgan fingerprint density at radius 2 is 2.07 bits per heavy atom. The van der Waals surface area contributed by atoms with Crippen LogP contribution in [0.5, 0.6) is 0 Å². The molecule has 0 aliphatic carbocycles. The number of hydrogen-bond donors (Lipinski definition) is 2. The van der Waals surface area contributed by atoms with Crippen LogP contribution in [0, 0.1) is 6.92 Å². The van der Waals surface area contributed by atoms with Crippen molar-refractivity contribution in [1.29, 1.82) is 0 Å². The number of nitrogens with two attached hydrogens (primary N) is 1. The Labute approximate surface area is 85.0 Å². The molecule has 4 heteroatoms. The summed E-state index contributed by atoms with van der Waals surface area (Å²) in [5.74, 6) is 0.655. The van der Waals surface area contributed by atoms with Crippen LogP contribution in [0.2, 0.25) is 0 Å². The fourth-order valence-electron chi connectivity index (χ4n) is 1.18. The lowest BCUT2D eigenvalue weighted by Gasteiger charge is -2.10. The second-order valence-electron chi connectivity index (χ2n) is 3.51. The summed E-state index contributed by atoms with van der Waals surface area (Å²) in [5.41, 5.74) is 6.91. The van der Waals surface area contributed by atoms with Crippen LogP contribution in [0.4, 0.5) is 5.95 Å². The minimum Gasteiger partial charge on any atom is -0.353 e. The maximum absolute atomic E-state index is 5.84. The Morgan fingerprint density at radius 1 is 1.43 bits per heavy atom. The van der Waals surface area contributed by atoms with Gasteiger partial charge in [-0.1, -0.05) is 13.3 Å². The van der Waals surface area contributed by atoms with Gasteiger partial charge in [0, 0.05) is 25.0 Å². The predicted molar refractivity (Wildman–Crippen MR) is 58.1 cm³/mol. The van der Waals surface area contributed by atoms with Crippen LogP contribution in [-0.4, -0.2) is 22.6 Å². The molecule has 1 rings (SSSR count). The van der Waals surface area contributed by atoms with E-state index in [2.05, 4.69) is 22.2 Å². The number of nitrogens with one attached hydrogen (secondary N) is 1. The van der Waals surface area contributed by atoms with E-state index < -0.39 is 0 Å². The zero-order chi connectivity index (χ0) is 10.4. The molecule has 0 fully saturated rings. The first-order valence-corrected chi connectivity index (χ1v) is 5.00. The third-order valence-corrected chi connectivity index (χ3v) is 1.96. The van der Waals surface area contributed by atoms with E-state index in [1.54, 1.807) is 12.4 Å². The summed E-state index contributed by atoms with van der Waals surface area (Å²) >= 11 is 0. The van der Waals surface area contributed by atoms with Gasteiger partial charge < -0.3 is 11.1 Å². The highest BCUT2D eigenvalue weighted by Crippen LogP contribution is 1.99. The summed E-state index contributed by atoms with van der Waals surface area (Å²) in [5, 5.41) is 3.11. The molecule has 1 aromatic rings. The van der Waals surface area contributed by atoms with E-state index in [1.807, 2.05) is 6.92 Å². The summed E-state index contributed by atoms with van der Waals surface area (Å²) < 4.78 is 0. The van der Waals surface area contributed by atoms with E-state index in [0.29, 0.717) is 5.95 Å². The number of nitrogens with zero attached hydrogens (tertiary/aromatic N) is 2. The van der Waals surface area contributed by atoms with Gasteiger partial charge in [0.1, 0.15) is 0 Å². The molecular weight excluding hydrogens is 176 g/mol. The Hall–Kier alpha value is -1.16. The van der Waals surface area contributed by atoms with Crippen molar-refractivity contribution in [2.75, 3.05) is 11.9 Å². The highest BCUT2D eigenvalue weighted by molar-refractivity contribution is 5.24. The van der Waals surface area contributed by atoms with Gasteiger partial charge in [0.2, 0.25) is 5.95 Å². The molecule has 14 heavy (non-hydrogen) atoms. The molecule has 4 nitrogen and oxygen atoms in total. The fraction of sp³-hybridized carbons (Fsp3) is 0.600. The van der Waals surface area contributed by atoms with Crippen molar-refractivity contribution in [3.63, 3.8) is 0 Å². The van der Waals surface area contributed by atoms with Crippen LogP contribution in [0.15, 0.2) is 12.4 Å². The van der Waals surface area contributed by atoms with Crippen LogP contribution < -0.4 is 11.1 Å². The van der Waals surface area contributed by atoms with Gasteiger partial charge in [-0.15, -0.1) is 0 Å². The van der Waals surface area contributed by atoms with Crippen LogP contribution in [0.25, 0.3) is 0 Å². The topological polar surface area (TPSA) is 63.8 Å². The molecule has 0 bridgehead atoms. The minimum absolute atomic E-state index is 0.185. The summed E-state index contributed by atoms with van der Waals surface area (Å²) in [7, 11) is 0.